The van der Waals surface area contributed by atoms with E-state index in [1.54, 1.807) is 0 Å². The quantitative estimate of drug-likeness (QED) is 0.349. The van der Waals surface area contributed by atoms with Gasteiger partial charge in [-0.25, -0.2) is 41.1 Å². The van der Waals surface area contributed by atoms with E-state index in [0.29, 0.717) is 0 Å². The van der Waals surface area contributed by atoms with E-state index in [2.05, 4.69) is 0 Å². The van der Waals surface area contributed by atoms with E-state index < -0.39 is 19.7 Å². The first-order valence-corrected chi connectivity index (χ1v) is 13.1. The van der Waals surface area contributed by atoms with E-state index in [0.717, 1.165) is 12.5 Å². The first-order valence-electron chi connectivity index (χ1n) is 9.31. The second kappa shape index (κ2) is 15.4. The summed E-state index contributed by atoms with van der Waals surface area (Å²) in [4.78, 5) is 0.273. The molecule has 0 spiro atoms. The predicted octanol–water partition coefficient (Wildman–Crippen LogP) is 4.40. The maximum atomic E-state index is 10.9. The molecule has 0 aliphatic rings. The number of sulfone groups is 2. The molecule has 0 unspecified atom stereocenters. The Morgan fingerprint density at radius 2 is 0.879 bits per heavy atom. The van der Waals surface area contributed by atoms with Crippen LogP contribution in [0.4, 0.5) is 0 Å². The van der Waals surface area contributed by atoms with Gasteiger partial charge in [-0.1, -0.05) is 12.1 Å². The van der Waals surface area contributed by atoms with Gasteiger partial charge in [0.15, 0.2) is 19.7 Å². The first-order chi connectivity index (χ1) is 15.0. The van der Waals surface area contributed by atoms with Gasteiger partial charge in [0, 0.05) is 12.5 Å². The van der Waals surface area contributed by atoms with Gasteiger partial charge >= 0.3 is 26.2 Å². The van der Waals surface area contributed by atoms with Gasteiger partial charge in [-0.3, -0.25) is 0 Å². The van der Waals surface area contributed by atoms with Crippen LogP contribution in [0.3, 0.4) is 0 Å². The molecule has 0 bridgehead atoms. The van der Waals surface area contributed by atoms with Crippen LogP contribution in [0.2, 0.25) is 0 Å². The van der Waals surface area contributed by atoms with Crippen LogP contribution in [0, 0.1) is 0 Å². The summed E-state index contributed by atoms with van der Waals surface area (Å²) in [5, 5.41) is 17.8. The Bertz CT molecular complexity index is 1100. The zero-order valence-electron chi connectivity index (χ0n) is 18.2. The zero-order valence-corrected chi connectivity index (χ0v) is 22.3. The number of rotatable bonds is 2. The third-order valence-electron chi connectivity index (χ3n) is 3.60. The molecule has 0 amide bonds. The fraction of sp³-hybridized carbons (Fsp3) is 0.0833. The molecule has 0 aliphatic carbocycles. The van der Waals surface area contributed by atoms with Gasteiger partial charge in [0.1, 0.15) is 11.5 Å². The Morgan fingerprint density at radius 3 is 1.03 bits per heavy atom. The molecule has 0 radical (unpaired) electrons. The first kappa shape index (κ1) is 30.5. The fourth-order valence-electron chi connectivity index (χ4n) is 2.07. The molecule has 33 heavy (non-hydrogen) atoms. The van der Waals surface area contributed by atoms with Crippen molar-refractivity contribution in [2.75, 3.05) is 12.5 Å². The van der Waals surface area contributed by atoms with Crippen molar-refractivity contribution in [3.63, 3.8) is 0 Å². The summed E-state index contributed by atoms with van der Waals surface area (Å²) in [5.74, 6) is -0.0687. The molecule has 2 N–H and O–H groups in total. The Hall–Kier alpha value is -2.48. The summed E-state index contributed by atoms with van der Waals surface area (Å²) in [5.41, 5.74) is 0. The molecule has 0 fully saturated rings. The molecule has 0 aromatic heterocycles. The van der Waals surface area contributed by atoms with Crippen LogP contribution in [0.5, 0.6) is 11.5 Å². The van der Waals surface area contributed by atoms with Gasteiger partial charge in [-0.05, 0) is 36.4 Å². The van der Waals surface area contributed by atoms with Crippen molar-refractivity contribution in [1.82, 2.24) is 0 Å². The Balaban J connectivity index is 0.000000434. The molecule has 4 aromatic rings. The number of phenolic OH excluding ortho intramolecular Hbond substituents is 2. The average Bonchev–Trinajstić information content (AvgIpc) is 3.46. The molecule has 9 heteroatoms. The number of aromatic hydroxyl groups is 2. The average molecular weight is 566 g/mol. The topological polar surface area (TPSA) is 109 Å². The molecule has 4 aromatic carbocycles. The maximum Gasteiger partial charge on any atom is 2.00 e. The summed E-state index contributed by atoms with van der Waals surface area (Å²) >= 11 is 0. The molecule has 4 rings (SSSR count). The molecule has 0 saturated carbocycles. The van der Waals surface area contributed by atoms with Crippen molar-refractivity contribution in [1.29, 1.82) is 0 Å². The number of phenols is 2. The minimum Gasteiger partial charge on any atom is -0.508 e. The van der Waals surface area contributed by atoms with Crippen LogP contribution in [0.15, 0.2) is 119 Å². The summed E-state index contributed by atoms with van der Waals surface area (Å²) in [7, 11) is -6.37. The SMILES string of the molecule is CS(=O)(=O)c1cccc(O)c1.CS(=O)(=O)c1cccc(O)c1.[Zr+2].c1cc[cH-]c1.c1cc[cH-]c1. The van der Waals surface area contributed by atoms with Crippen LogP contribution < -0.4 is 0 Å². The van der Waals surface area contributed by atoms with Crippen LogP contribution in [-0.2, 0) is 45.9 Å². The molecule has 6 nitrogen and oxygen atoms in total. The van der Waals surface area contributed by atoms with E-state index in [-0.39, 0.29) is 47.5 Å². The summed E-state index contributed by atoms with van der Waals surface area (Å²) in [6.07, 6.45) is 2.20. The minimum absolute atomic E-state index is 0. The third-order valence-corrected chi connectivity index (χ3v) is 5.82. The van der Waals surface area contributed by atoms with Gasteiger partial charge in [-0.2, -0.15) is 36.4 Å². The standard InChI is InChI=1S/2C7H8O3S.2C5H5.Zr/c2*1-11(9,10)7-4-2-3-6(8)5-7;2*1-2-4-5-3-1;/h2*2-5,8H,1H3;2*1-5H;/q;;2*-1;+2. The van der Waals surface area contributed by atoms with Crippen LogP contribution in [0.25, 0.3) is 0 Å². The second-order valence-corrected chi connectivity index (χ2v) is 10.5. The number of benzene rings is 2. The van der Waals surface area contributed by atoms with E-state index in [9.17, 15) is 16.8 Å². The Morgan fingerprint density at radius 1 is 0.576 bits per heavy atom. The number of hydrogen-bond donors (Lipinski definition) is 2. The molecule has 0 saturated heterocycles. The normalized spacial score (nSPS) is 10.0. The van der Waals surface area contributed by atoms with E-state index in [1.165, 1.54) is 48.5 Å². The summed E-state index contributed by atoms with van der Waals surface area (Å²) in [6.45, 7) is 0. The van der Waals surface area contributed by atoms with Crippen molar-refractivity contribution in [2.45, 2.75) is 9.79 Å². The Kier molecular flexibility index (Phi) is 14.2. The molecule has 0 aliphatic heterocycles. The largest absolute Gasteiger partial charge is 2.00 e. The second-order valence-electron chi connectivity index (χ2n) is 6.46. The molecule has 0 heterocycles. The molecule has 0 atom stereocenters. The van der Waals surface area contributed by atoms with Crippen LogP contribution >= 0.6 is 0 Å². The van der Waals surface area contributed by atoms with E-state index >= 15 is 0 Å². The number of hydrogen-bond acceptors (Lipinski definition) is 6. The third kappa shape index (κ3) is 14.3. The van der Waals surface area contributed by atoms with Gasteiger partial charge in [0.2, 0.25) is 0 Å². The van der Waals surface area contributed by atoms with Crippen LogP contribution in [0.1, 0.15) is 0 Å². The van der Waals surface area contributed by atoms with Crippen molar-refractivity contribution in [3.05, 3.63) is 109 Å². The predicted molar refractivity (Wildman–Crippen MR) is 127 cm³/mol. The van der Waals surface area contributed by atoms with Gasteiger partial charge in [-0.15, -0.1) is 0 Å². The molecule has 174 valence electrons. The summed E-state index contributed by atoms with van der Waals surface area (Å²) in [6, 6.07) is 31.1. The van der Waals surface area contributed by atoms with Gasteiger partial charge in [0.25, 0.3) is 0 Å². The molecular formula is C24H26O6S2Zr. The van der Waals surface area contributed by atoms with E-state index in [1.807, 2.05) is 60.7 Å². The molecular weight excluding hydrogens is 540 g/mol. The van der Waals surface area contributed by atoms with Crippen molar-refractivity contribution in [3.8, 4) is 11.5 Å². The smallest absolute Gasteiger partial charge is 0.508 e. The van der Waals surface area contributed by atoms with E-state index in [4.69, 9.17) is 10.2 Å². The minimum atomic E-state index is -3.19. The Labute approximate surface area is 214 Å². The van der Waals surface area contributed by atoms with Gasteiger partial charge < -0.3 is 10.2 Å². The summed E-state index contributed by atoms with van der Waals surface area (Å²) < 4.78 is 43.5. The monoisotopic (exact) mass is 564 g/mol. The zero-order chi connectivity index (χ0) is 24.0. The van der Waals surface area contributed by atoms with Crippen molar-refractivity contribution >= 4 is 19.7 Å². The van der Waals surface area contributed by atoms with Gasteiger partial charge in [0.05, 0.1) is 9.79 Å². The maximum absolute atomic E-state index is 10.9. The van der Waals surface area contributed by atoms with Crippen molar-refractivity contribution < 1.29 is 53.3 Å². The van der Waals surface area contributed by atoms with Crippen LogP contribution in [-0.4, -0.2) is 39.6 Å². The van der Waals surface area contributed by atoms with Crippen molar-refractivity contribution in [2.24, 2.45) is 0 Å². The fourth-order valence-corrected chi connectivity index (χ4v) is 3.39.